The van der Waals surface area contributed by atoms with Gasteiger partial charge in [0.15, 0.2) is 0 Å². The van der Waals surface area contributed by atoms with E-state index >= 15 is 0 Å². The largest absolute Gasteiger partial charge is 0.472 e. The van der Waals surface area contributed by atoms with Crippen LogP contribution < -0.4 is 5.73 Å². The summed E-state index contributed by atoms with van der Waals surface area (Å²) in [5, 5.41) is 0. The van der Waals surface area contributed by atoms with Crippen molar-refractivity contribution in [1.29, 1.82) is 0 Å². The van der Waals surface area contributed by atoms with Crippen LogP contribution in [0, 0.1) is 0 Å². The molecule has 0 aromatic carbocycles. The second kappa shape index (κ2) is 21.4. The number of carbonyl (C=O) groups excluding carboxylic acids is 1. The highest BCUT2D eigenvalue weighted by molar-refractivity contribution is 7.47. The molecule has 8 nitrogen and oxygen atoms in total. The molecule has 0 aromatic heterocycles. The molecule has 3 N–H and O–H groups in total. The third-order valence-corrected chi connectivity index (χ3v) is 6.03. The van der Waals surface area contributed by atoms with Gasteiger partial charge in [0.2, 0.25) is 0 Å². The molecule has 31 heavy (non-hydrogen) atoms. The topological polar surface area (TPSA) is 117 Å². The molecule has 2 atom stereocenters. The fraction of sp³-hybridized carbons (Fsp3) is 0.955. The van der Waals surface area contributed by atoms with Gasteiger partial charge in [0.1, 0.15) is 12.7 Å². The molecule has 0 bridgehead atoms. The van der Waals surface area contributed by atoms with Crippen LogP contribution in [0.4, 0.5) is 0 Å². The normalized spacial score (nSPS) is 14.3. The van der Waals surface area contributed by atoms with Gasteiger partial charge in [-0.25, -0.2) is 4.57 Å². The minimum atomic E-state index is -4.17. The molecule has 2 unspecified atom stereocenters. The summed E-state index contributed by atoms with van der Waals surface area (Å²) in [6, 6.07) is 0. The smallest absolute Gasteiger partial charge is 0.463 e. The minimum Gasteiger partial charge on any atom is -0.463 e. The molecular formula is C22H46NO7P. The summed E-state index contributed by atoms with van der Waals surface area (Å²) in [6.07, 6.45) is 16.0. The number of nitrogens with two attached hydrogens (primary N) is 1. The van der Waals surface area contributed by atoms with Crippen LogP contribution in [0.1, 0.15) is 96.8 Å². The highest BCUT2D eigenvalue weighted by Gasteiger charge is 2.23. The van der Waals surface area contributed by atoms with Crippen molar-refractivity contribution in [3.8, 4) is 0 Å². The molecule has 0 amide bonds. The summed E-state index contributed by atoms with van der Waals surface area (Å²) >= 11 is 0. The van der Waals surface area contributed by atoms with E-state index < -0.39 is 13.9 Å². The van der Waals surface area contributed by atoms with E-state index in [1.807, 2.05) is 0 Å². The van der Waals surface area contributed by atoms with E-state index in [0.717, 1.165) is 19.3 Å². The Hall–Kier alpha value is -0.500. The molecule has 186 valence electrons. The van der Waals surface area contributed by atoms with Crippen LogP contribution in [0.15, 0.2) is 0 Å². The van der Waals surface area contributed by atoms with Gasteiger partial charge >= 0.3 is 13.8 Å². The average Bonchev–Trinajstić information content (AvgIpc) is 2.75. The van der Waals surface area contributed by atoms with Gasteiger partial charge in [-0.05, 0) is 6.42 Å². The molecule has 0 aliphatic carbocycles. The standard InChI is InChI=1S/C22H46NO7P/c1-3-4-5-6-7-8-9-10-11-12-13-14-15-16-22(24)28-19-21(27-2)20-30-31(25,26)29-18-17-23/h21H,3-20,23H2,1-2H3,(H,25,26). The molecule has 0 rings (SSSR count). The molecule has 9 heteroatoms. The molecule has 0 saturated heterocycles. The maximum Gasteiger partial charge on any atom is 0.472 e. The SMILES string of the molecule is CCCCCCCCCCCCCCCC(=O)OCC(COP(=O)(O)OCCN)OC. The van der Waals surface area contributed by atoms with E-state index in [1.54, 1.807) is 0 Å². The molecule has 0 heterocycles. The van der Waals surface area contributed by atoms with E-state index in [9.17, 15) is 14.3 Å². The number of carbonyl (C=O) groups is 1. The number of unbranched alkanes of at least 4 members (excludes halogenated alkanes) is 12. The second-order valence-electron chi connectivity index (χ2n) is 7.92. The predicted octanol–water partition coefficient (Wildman–Crippen LogP) is 5.12. The zero-order chi connectivity index (χ0) is 23.2. The Labute approximate surface area is 189 Å². The minimum absolute atomic E-state index is 0.0370. The lowest BCUT2D eigenvalue weighted by Crippen LogP contribution is -2.26. The van der Waals surface area contributed by atoms with E-state index in [2.05, 4.69) is 11.4 Å². The first kappa shape index (κ1) is 30.5. The highest BCUT2D eigenvalue weighted by Crippen LogP contribution is 2.42. The molecular weight excluding hydrogens is 421 g/mol. The Morgan fingerprint density at radius 2 is 1.39 bits per heavy atom. The third-order valence-electron chi connectivity index (χ3n) is 5.04. The van der Waals surface area contributed by atoms with Crippen LogP contribution in [-0.2, 0) is 27.9 Å². The number of hydrogen-bond donors (Lipinski definition) is 2. The van der Waals surface area contributed by atoms with Crippen LogP contribution in [-0.4, -0.2) is 50.4 Å². The molecule has 0 spiro atoms. The Balaban J connectivity index is 3.58. The van der Waals surface area contributed by atoms with Crippen molar-refractivity contribution in [3.63, 3.8) is 0 Å². The van der Waals surface area contributed by atoms with Gasteiger partial charge in [-0.3, -0.25) is 13.8 Å². The summed E-state index contributed by atoms with van der Waals surface area (Å²) in [6.45, 7) is 2.02. The lowest BCUT2D eigenvalue weighted by Gasteiger charge is -2.17. The second-order valence-corrected chi connectivity index (χ2v) is 9.37. The monoisotopic (exact) mass is 467 g/mol. The number of hydrogen-bond acceptors (Lipinski definition) is 7. The van der Waals surface area contributed by atoms with Gasteiger partial charge < -0.3 is 20.1 Å². The number of phosphoric ester groups is 1. The number of ether oxygens (including phenoxy) is 2. The van der Waals surface area contributed by atoms with Crippen LogP contribution in [0.3, 0.4) is 0 Å². The van der Waals surface area contributed by atoms with Gasteiger partial charge in [-0.2, -0.15) is 0 Å². The first-order valence-electron chi connectivity index (χ1n) is 12.0. The third kappa shape index (κ3) is 21.1. The fourth-order valence-electron chi connectivity index (χ4n) is 3.11. The van der Waals surface area contributed by atoms with Crippen molar-refractivity contribution in [3.05, 3.63) is 0 Å². The Morgan fingerprint density at radius 1 is 0.871 bits per heavy atom. The molecule has 0 saturated carbocycles. The first-order chi connectivity index (χ1) is 14.9. The van der Waals surface area contributed by atoms with E-state index in [-0.39, 0.29) is 32.3 Å². The maximum absolute atomic E-state index is 11.8. The van der Waals surface area contributed by atoms with Crippen molar-refractivity contribution < 1.29 is 32.8 Å². The number of methoxy groups -OCH3 is 1. The predicted molar refractivity (Wildman–Crippen MR) is 123 cm³/mol. The molecule has 0 aliphatic heterocycles. The molecule has 0 aliphatic rings. The Kier molecular flexibility index (Phi) is 21.0. The Morgan fingerprint density at radius 3 is 1.87 bits per heavy atom. The van der Waals surface area contributed by atoms with Crippen LogP contribution in [0.25, 0.3) is 0 Å². The highest BCUT2D eigenvalue weighted by atomic mass is 31.2. The number of esters is 1. The van der Waals surface area contributed by atoms with Crippen molar-refractivity contribution in [1.82, 2.24) is 0 Å². The van der Waals surface area contributed by atoms with Crippen molar-refractivity contribution in [2.24, 2.45) is 5.73 Å². The van der Waals surface area contributed by atoms with Crippen molar-refractivity contribution >= 4 is 13.8 Å². The van der Waals surface area contributed by atoms with Crippen molar-refractivity contribution in [2.75, 3.05) is 33.5 Å². The van der Waals surface area contributed by atoms with E-state index in [1.165, 1.54) is 71.3 Å². The zero-order valence-corrected chi connectivity index (χ0v) is 20.6. The van der Waals surface area contributed by atoms with Gasteiger partial charge in [0, 0.05) is 20.1 Å². The Bertz CT molecular complexity index is 465. The first-order valence-corrected chi connectivity index (χ1v) is 13.4. The van der Waals surface area contributed by atoms with Crippen LogP contribution in [0.5, 0.6) is 0 Å². The maximum atomic E-state index is 11.8. The van der Waals surface area contributed by atoms with Crippen molar-refractivity contribution in [2.45, 2.75) is 103 Å². The van der Waals surface area contributed by atoms with Crippen LogP contribution >= 0.6 is 7.82 Å². The lowest BCUT2D eigenvalue weighted by atomic mass is 10.0. The average molecular weight is 468 g/mol. The molecule has 0 radical (unpaired) electrons. The summed E-state index contributed by atoms with van der Waals surface area (Å²) < 4.78 is 31.3. The van der Waals surface area contributed by atoms with E-state index in [0.29, 0.717) is 6.42 Å². The molecule has 0 aromatic rings. The summed E-state index contributed by atoms with van der Waals surface area (Å²) in [4.78, 5) is 21.3. The van der Waals surface area contributed by atoms with Crippen LogP contribution in [0.2, 0.25) is 0 Å². The number of rotatable bonds is 23. The zero-order valence-electron chi connectivity index (χ0n) is 19.7. The van der Waals surface area contributed by atoms with Gasteiger partial charge in [0.25, 0.3) is 0 Å². The van der Waals surface area contributed by atoms with Gasteiger partial charge in [-0.15, -0.1) is 0 Å². The fourth-order valence-corrected chi connectivity index (χ4v) is 3.88. The van der Waals surface area contributed by atoms with E-state index in [4.69, 9.17) is 19.7 Å². The lowest BCUT2D eigenvalue weighted by molar-refractivity contribution is -0.148. The quantitative estimate of drug-likeness (QED) is 0.121. The number of phosphoric acid groups is 1. The molecule has 0 fully saturated rings. The summed E-state index contributed by atoms with van der Waals surface area (Å²) in [7, 11) is -2.75. The van der Waals surface area contributed by atoms with Gasteiger partial charge in [-0.1, -0.05) is 84.0 Å². The van der Waals surface area contributed by atoms with Gasteiger partial charge in [0.05, 0.1) is 13.2 Å². The summed E-state index contributed by atoms with van der Waals surface area (Å²) in [5.74, 6) is -0.295. The summed E-state index contributed by atoms with van der Waals surface area (Å²) in [5.41, 5.74) is 5.21.